The second-order valence-corrected chi connectivity index (χ2v) is 7.39. The summed E-state index contributed by atoms with van der Waals surface area (Å²) >= 11 is 0. The number of fused-ring (bicyclic) bond motifs is 1. The van der Waals surface area contributed by atoms with Crippen LogP contribution < -0.4 is 5.32 Å². The lowest BCUT2D eigenvalue weighted by Crippen LogP contribution is -2.40. The molecule has 4 heteroatoms. The summed E-state index contributed by atoms with van der Waals surface area (Å²) < 4.78 is 0. The first-order valence-electron chi connectivity index (χ1n) is 8.76. The molecule has 2 aromatic heterocycles. The zero-order valence-electron chi connectivity index (χ0n) is 15.1. The predicted molar refractivity (Wildman–Crippen MR) is 102 cm³/mol. The molecule has 4 nitrogen and oxygen atoms in total. The smallest absolute Gasteiger partial charge is 0.220 e. The van der Waals surface area contributed by atoms with E-state index in [1.165, 1.54) is 10.9 Å². The van der Waals surface area contributed by atoms with Gasteiger partial charge >= 0.3 is 0 Å². The zero-order valence-corrected chi connectivity index (χ0v) is 15.1. The number of carbonyl (C=O) groups is 1. The monoisotopic (exact) mass is 335 g/mol. The maximum absolute atomic E-state index is 12.1. The van der Waals surface area contributed by atoms with E-state index in [0.717, 1.165) is 29.7 Å². The van der Waals surface area contributed by atoms with Crippen LogP contribution in [0.3, 0.4) is 0 Å². The minimum atomic E-state index is -0.184. The van der Waals surface area contributed by atoms with Gasteiger partial charge in [0.25, 0.3) is 0 Å². The molecule has 0 radical (unpaired) electrons. The largest absolute Gasteiger partial charge is 0.353 e. The molecule has 0 aliphatic heterocycles. The molecular weight excluding hydrogens is 310 g/mol. The molecule has 130 valence electrons. The Hall–Kier alpha value is -2.62. The number of nitrogens with one attached hydrogen (secondary N) is 2. The highest BCUT2D eigenvalue weighted by atomic mass is 16.1. The third-order valence-corrected chi connectivity index (χ3v) is 4.08. The molecule has 0 aliphatic rings. The summed E-state index contributed by atoms with van der Waals surface area (Å²) in [5, 5.41) is 4.23. The van der Waals surface area contributed by atoms with Crippen LogP contribution in [0.2, 0.25) is 0 Å². The van der Waals surface area contributed by atoms with E-state index in [2.05, 4.69) is 27.4 Å². The van der Waals surface area contributed by atoms with Gasteiger partial charge in [0.1, 0.15) is 0 Å². The van der Waals surface area contributed by atoms with E-state index in [4.69, 9.17) is 0 Å². The first kappa shape index (κ1) is 17.2. The van der Waals surface area contributed by atoms with Crippen LogP contribution in [-0.4, -0.2) is 21.4 Å². The number of amides is 1. The summed E-state index contributed by atoms with van der Waals surface area (Å²) in [6.45, 7) is 6.01. The number of hydrogen-bond donors (Lipinski definition) is 2. The number of aryl methyl sites for hydroxylation is 1. The number of nitrogens with zero attached hydrogens (tertiary/aromatic N) is 1. The van der Waals surface area contributed by atoms with Gasteiger partial charge in [0.05, 0.1) is 11.4 Å². The van der Waals surface area contributed by atoms with Gasteiger partial charge in [-0.05, 0) is 57.4 Å². The summed E-state index contributed by atoms with van der Waals surface area (Å²) in [5.74, 6) is 0.103. The molecular formula is C21H25N3O. The third kappa shape index (κ3) is 4.27. The molecule has 0 bridgehead atoms. The number of hydrogen-bond acceptors (Lipinski definition) is 2. The fraction of sp³-hybridized carbons (Fsp3) is 0.333. The summed E-state index contributed by atoms with van der Waals surface area (Å²) in [5.41, 5.74) is 4.15. The van der Waals surface area contributed by atoms with Crippen molar-refractivity contribution >= 4 is 16.8 Å². The Balaban J connectivity index is 1.81. The maximum Gasteiger partial charge on any atom is 0.220 e. The molecule has 3 rings (SSSR count). The number of pyridine rings is 1. The van der Waals surface area contributed by atoms with Gasteiger partial charge in [-0.2, -0.15) is 0 Å². The van der Waals surface area contributed by atoms with Gasteiger partial charge in [-0.25, -0.2) is 0 Å². The highest BCUT2D eigenvalue weighted by molar-refractivity contribution is 5.90. The average molecular weight is 335 g/mol. The van der Waals surface area contributed by atoms with Crippen molar-refractivity contribution in [2.24, 2.45) is 0 Å². The van der Waals surface area contributed by atoms with E-state index < -0.39 is 0 Å². The van der Waals surface area contributed by atoms with Crippen LogP contribution >= 0.6 is 0 Å². The molecule has 2 heterocycles. The van der Waals surface area contributed by atoms with Crippen LogP contribution in [0, 0.1) is 0 Å². The van der Waals surface area contributed by atoms with Gasteiger partial charge in [-0.15, -0.1) is 0 Å². The normalized spacial score (nSPS) is 11.6. The van der Waals surface area contributed by atoms with Gasteiger partial charge in [-0.3, -0.25) is 9.78 Å². The lowest BCUT2D eigenvalue weighted by atomic mass is 10.0. The average Bonchev–Trinajstić information content (AvgIpc) is 2.93. The summed E-state index contributed by atoms with van der Waals surface area (Å²) in [4.78, 5) is 20.1. The number of aromatic amines is 1. The van der Waals surface area contributed by atoms with Crippen molar-refractivity contribution in [2.75, 3.05) is 0 Å². The van der Waals surface area contributed by atoms with Gasteiger partial charge in [0.2, 0.25) is 5.91 Å². The Morgan fingerprint density at radius 2 is 1.88 bits per heavy atom. The van der Waals surface area contributed by atoms with Gasteiger partial charge < -0.3 is 10.3 Å². The van der Waals surface area contributed by atoms with Crippen molar-refractivity contribution in [3.05, 3.63) is 54.2 Å². The number of aromatic nitrogens is 2. The summed E-state index contributed by atoms with van der Waals surface area (Å²) in [6, 6.07) is 14.2. The lowest BCUT2D eigenvalue weighted by Gasteiger charge is -2.20. The molecule has 3 aromatic rings. The quantitative estimate of drug-likeness (QED) is 0.723. The summed E-state index contributed by atoms with van der Waals surface area (Å²) in [6.07, 6.45) is 3.98. The second kappa shape index (κ2) is 7.09. The van der Waals surface area contributed by atoms with E-state index in [1.807, 2.05) is 51.1 Å². The Labute approximate surface area is 148 Å². The standard InChI is InChI=1S/C21H25N3O/c1-21(2,3)24-19(25)13-8-10-16-15-9-4-5-11-17(15)23-20(16)18-12-6-7-14-22-18/h4-7,9,11-12,14,23H,8,10,13H2,1-3H3,(H,24,25). The molecule has 0 saturated carbocycles. The molecule has 25 heavy (non-hydrogen) atoms. The second-order valence-electron chi connectivity index (χ2n) is 7.39. The fourth-order valence-corrected chi connectivity index (χ4v) is 3.10. The molecule has 0 fully saturated rings. The number of rotatable bonds is 5. The zero-order chi connectivity index (χ0) is 17.9. The molecule has 0 spiro atoms. The van der Waals surface area contributed by atoms with Gasteiger partial charge in [0.15, 0.2) is 0 Å². The van der Waals surface area contributed by atoms with E-state index in [0.29, 0.717) is 6.42 Å². The molecule has 0 aliphatic carbocycles. The summed E-state index contributed by atoms with van der Waals surface area (Å²) in [7, 11) is 0. The number of carbonyl (C=O) groups excluding carboxylic acids is 1. The van der Waals surface area contributed by atoms with Crippen LogP contribution in [0.4, 0.5) is 0 Å². The van der Waals surface area contributed by atoms with Crippen LogP contribution in [0.5, 0.6) is 0 Å². The Bertz CT molecular complexity index is 860. The van der Waals surface area contributed by atoms with Crippen molar-refractivity contribution in [1.29, 1.82) is 0 Å². The first-order chi connectivity index (χ1) is 11.9. The Morgan fingerprint density at radius 1 is 1.12 bits per heavy atom. The van der Waals surface area contributed by atoms with E-state index in [9.17, 15) is 4.79 Å². The molecule has 2 N–H and O–H groups in total. The van der Waals surface area contributed by atoms with Crippen molar-refractivity contribution in [3.8, 4) is 11.4 Å². The number of benzene rings is 1. The Kier molecular flexibility index (Phi) is 4.88. The number of H-pyrrole nitrogens is 1. The van der Waals surface area contributed by atoms with Crippen molar-refractivity contribution in [1.82, 2.24) is 15.3 Å². The van der Waals surface area contributed by atoms with Crippen LogP contribution in [0.15, 0.2) is 48.7 Å². The van der Waals surface area contributed by atoms with Gasteiger partial charge in [-0.1, -0.05) is 24.3 Å². The lowest BCUT2D eigenvalue weighted by molar-refractivity contribution is -0.122. The molecule has 1 aromatic carbocycles. The molecule has 1 amide bonds. The molecule has 0 unspecified atom stereocenters. The molecule has 0 atom stereocenters. The van der Waals surface area contributed by atoms with Crippen molar-refractivity contribution in [2.45, 2.75) is 45.6 Å². The van der Waals surface area contributed by atoms with Crippen LogP contribution in [-0.2, 0) is 11.2 Å². The molecule has 0 saturated heterocycles. The van der Waals surface area contributed by atoms with E-state index in [-0.39, 0.29) is 11.4 Å². The highest BCUT2D eigenvalue weighted by Crippen LogP contribution is 2.30. The van der Waals surface area contributed by atoms with Crippen molar-refractivity contribution < 1.29 is 4.79 Å². The number of para-hydroxylation sites is 1. The van der Waals surface area contributed by atoms with Gasteiger partial charge in [0, 0.05) is 29.1 Å². The maximum atomic E-state index is 12.1. The fourth-order valence-electron chi connectivity index (χ4n) is 3.10. The third-order valence-electron chi connectivity index (χ3n) is 4.08. The van der Waals surface area contributed by atoms with Crippen LogP contribution in [0.25, 0.3) is 22.3 Å². The highest BCUT2D eigenvalue weighted by Gasteiger charge is 2.16. The minimum Gasteiger partial charge on any atom is -0.353 e. The van der Waals surface area contributed by atoms with E-state index in [1.54, 1.807) is 6.20 Å². The van der Waals surface area contributed by atoms with Crippen molar-refractivity contribution in [3.63, 3.8) is 0 Å². The minimum absolute atomic E-state index is 0.103. The SMILES string of the molecule is CC(C)(C)NC(=O)CCCc1c(-c2ccccn2)[nH]c2ccccc12. The van der Waals surface area contributed by atoms with Crippen LogP contribution in [0.1, 0.15) is 39.2 Å². The van der Waals surface area contributed by atoms with E-state index >= 15 is 0 Å². The predicted octanol–water partition coefficient (Wildman–Crippen LogP) is 4.47. The Morgan fingerprint density at radius 3 is 2.60 bits per heavy atom. The first-order valence-corrected chi connectivity index (χ1v) is 8.76. The topological polar surface area (TPSA) is 57.8 Å².